The molecule has 1 aromatic heterocycles. The van der Waals surface area contributed by atoms with Crippen LogP contribution in [0.4, 0.5) is 5.69 Å². The molecule has 6 nitrogen and oxygen atoms in total. The molecule has 0 bridgehead atoms. The molecular weight excluding hydrogens is 246 g/mol. The molecule has 1 aromatic carbocycles. The van der Waals surface area contributed by atoms with Crippen molar-refractivity contribution in [3.63, 3.8) is 0 Å². The molecule has 2 N–H and O–H groups in total. The zero-order valence-corrected chi connectivity index (χ0v) is 10.5. The van der Waals surface area contributed by atoms with E-state index >= 15 is 0 Å². The van der Waals surface area contributed by atoms with Crippen LogP contribution >= 0.6 is 0 Å². The number of nitrogens with zero attached hydrogens (tertiary/aromatic N) is 2. The number of aliphatic carboxylic acids is 1. The topological polar surface area (TPSA) is 86.3 Å². The number of carboxylic acids is 1. The maximum atomic E-state index is 11.7. The Kier molecular flexibility index (Phi) is 3.33. The number of H-pyrrole nitrogens is 1. The van der Waals surface area contributed by atoms with E-state index in [9.17, 15) is 9.59 Å². The summed E-state index contributed by atoms with van der Waals surface area (Å²) in [6, 6.07) is 5.36. The third kappa shape index (κ3) is 2.79. The zero-order chi connectivity index (χ0) is 14.0. The average molecular weight is 259 g/mol. The Bertz CT molecular complexity index is 673. The molecular formula is C13H13N3O3. The van der Waals surface area contributed by atoms with Gasteiger partial charge in [0.25, 0.3) is 5.91 Å². The first-order chi connectivity index (χ1) is 8.97. The Morgan fingerprint density at radius 3 is 2.79 bits per heavy atom. The normalized spacial score (nSPS) is 11.1. The summed E-state index contributed by atoms with van der Waals surface area (Å²) in [6.45, 7) is 1.85. The van der Waals surface area contributed by atoms with Crippen molar-refractivity contribution in [2.24, 2.45) is 0 Å². The van der Waals surface area contributed by atoms with Gasteiger partial charge >= 0.3 is 5.97 Å². The van der Waals surface area contributed by atoms with Gasteiger partial charge in [-0.05, 0) is 25.1 Å². The van der Waals surface area contributed by atoms with E-state index in [1.54, 1.807) is 25.2 Å². The van der Waals surface area contributed by atoms with Crippen LogP contribution in [0.15, 0.2) is 30.4 Å². The minimum absolute atomic E-state index is 0.405. The van der Waals surface area contributed by atoms with E-state index in [1.165, 1.54) is 4.90 Å². The Labute approximate surface area is 109 Å². The number of benzene rings is 1. The minimum atomic E-state index is -1.15. The van der Waals surface area contributed by atoms with Crippen LogP contribution in [0.3, 0.4) is 0 Å². The third-order valence-corrected chi connectivity index (χ3v) is 2.67. The average Bonchev–Trinajstić information content (AvgIpc) is 2.73. The van der Waals surface area contributed by atoms with E-state index in [2.05, 4.69) is 9.97 Å². The largest absolute Gasteiger partial charge is 0.478 e. The van der Waals surface area contributed by atoms with Crippen LogP contribution in [0.25, 0.3) is 11.0 Å². The highest BCUT2D eigenvalue weighted by Gasteiger charge is 2.09. The summed E-state index contributed by atoms with van der Waals surface area (Å²) in [5, 5.41) is 8.49. The molecule has 6 heteroatoms. The lowest BCUT2D eigenvalue weighted by Gasteiger charge is -2.14. The lowest BCUT2D eigenvalue weighted by atomic mass is 10.2. The van der Waals surface area contributed by atoms with Crippen molar-refractivity contribution in [1.29, 1.82) is 0 Å². The molecule has 1 amide bonds. The van der Waals surface area contributed by atoms with E-state index in [0.29, 0.717) is 5.69 Å². The molecule has 0 atom stereocenters. The van der Waals surface area contributed by atoms with Gasteiger partial charge < -0.3 is 15.0 Å². The summed E-state index contributed by atoms with van der Waals surface area (Å²) in [4.78, 5) is 30.8. The number of amides is 1. The first-order valence-corrected chi connectivity index (χ1v) is 5.62. The zero-order valence-electron chi connectivity index (χ0n) is 10.5. The lowest BCUT2D eigenvalue weighted by molar-refractivity contribution is -0.131. The van der Waals surface area contributed by atoms with Gasteiger partial charge in [0, 0.05) is 24.9 Å². The second-order valence-corrected chi connectivity index (χ2v) is 4.09. The molecule has 0 unspecified atom stereocenters. The summed E-state index contributed by atoms with van der Waals surface area (Å²) in [6.07, 6.45) is 1.84. The van der Waals surface area contributed by atoms with Crippen molar-refractivity contribution in [2.75, 3.05) is 11.9 Å². The van der Waals surface area contributed by atoms with Gasteiger partial charge in [0.1, 0.15) is 5.82 Å². The van der Waals surface area contributed by atoms with Crippen molar-refractivity contribution in [3.8, 4) is 0 Å². The maximum Gasteiger partial charge on any atom is 0.328 e. The molecule has 0 saturated heterocycles. The number of aryl methyl sites for hydroxylation is 1. The lowest BCUT2D eigenvalue weighted by Crippen LogP contribution is -2.24. The van der Waals surface area contributed by atoms with Gasteiger partial charge in [-0.2, -0.15) is 0 Å². The van der Waals surface area contributed by atoms with Crippen LogP contribution in [0, 0.1) is 6.92 Å². The van der Waals surface area contributed by atoms with Crippen LogP contribution in [0.2, 0.25) is 0 Å². The molecule has 0 saturated carbocycles. The van der Waals surface area contributed by atoms with Gasteiger partial charge in [0.05, 0.1) is 11.0 Å². The Balaban J connectivity index is 2.27. The number of rotatable bonds is 3. The second kappa shape index (κ2) is 4.93. The molecule has 0 aliphatic rings. The first kappa shape index (κ1) is 12.8. The maximum absolute atomic E-state index is 11.7. The molecule has 19 heavy (non-hydrogen) atoms. The van der Waals surface area contributed by atoms with Gasteiger partial charge in [-0.15, -0.1) is 0 Å². The molecule has 2 aromatic rings. The standard InChI is InChI=1S/C13H13N3O3/c1-8-14-10-4-3-9(7-11(10)15-8)16(2)12(17)5-6-13(18)19/h3-7H,1-2H3,(H,14,15)(H,18,19)/b6-5+. The van der Waals surface area contributed by atoms with Crippen molar-refractivity contribution in [1.82, 2.24) is 9.97 Å². The minimum Gasteiger partial charge on any atom is -0.478 e. The predicted octanol–water partition coefficient (Wildman–Crippen LogP) is 1.47. The van der Waals surface area contributed by atoms with Crippen LogP contribution < -0.4 is 4.90 Å². The first-order valence-electron chi connectivity index (χ1n) is 5.62. The fourth-order valence-electron chi connectivity index (χ4n) is 1.72. The molecule has 0 aliphatic carbocycles. The van der Waals surface area contributed by atoms with Gasteiger partial charge in [-0.3, -0.25) is 4.79 Å². The Morgan fingerprint density at radius 1 is 1.37 bits per heavy atom. The molecule has 0 aliphatic heterocycles. The van der Waals surface area contributed by atoms with E-state index in [0.717, 1.165) is 29.0 Å². The van der Waals surface area contributed by atoms with Crippen LogP contribution in [-0.4, -0.2) is 34.0 Å². The molecule has 0 spiro atoms. The number of carbonyl (C=O) groups is 2. The van der Waals surface area contributed by atoms with Gasteiger partial charge in [-0.25, -0.2) is 9.78 Å². The molecule has 0 fully saturated rings. The fourth-order valence-corrected chi connectivity index (χ4v) is 1.72. The summed E-state index contributed by atoms with van der Waals surface area (Å²) in [7, 11) is 1.58. The smallest absolute Gasteiger partial charge is 0.328 e. The highest BCUT2D eigenvalue weighted by atomic mass is 16.4. The molecule has 0 radical (unpaired) electrons. The van der Waals surface area contributed by atoms with Gasteiger partial charge in [0.2, 0.25) is 0 Å². The monoisotopic (exact) mass is 259 g/mol. The highest BCUT2D eigenvalue weighted by Crippen LogP contribution is 2.20. The molecule has 98 valence electrons. The number of hydrogen-bond acceptors (Lipinski definition) is 3. The van der Waals surface area contributed by atoms with E-state index < -0.39 is 11.9 Å². The highest BCUT2D eigenvalue weighted by molar-refractivity contribution is 6.04. The van der Waals surface area contributed by atoms with Crippen LogP contribution in [-0.2, 0) is 9.59 Å². The Hall–Kier alpha value is -2.63. The summed E-state index contributed by atoms with van der Waals surface area (Å²) >= 11 is 0. The molecule has 1 heterocycles. The van der Waals surface area contributed by atoms with E-state index in [4.69, 9.17) is 5.11 Å². The summed E-state index contributed by atoms with van der Waals surface area (Å²) in [5.74, 6) is -0.758. The van der Waals surface area contributed by atoms with Crippen LogP contribution in [0.1, 0.15) is 5.82 Å². The number of carboxylic acid groups (broad SMARTS) is 1. The second-order valence-electron chi connectivity index (χ2n) is 4.09. The number of aromatic nitrogens is 2. The van der Waals surface area contributed by atoms with Crippen molar-refractivity contribution in [3.05, 3.63) is 36.2 Å². The Morgan fingerprint density at radius 2 is 2.11 bits per heavy atom. The fraction of sp³-hybridized carbons (Fsp3) is 0.154. The van der Waals surface area contributed by atoms with E-state index in [1.807, 2.05) is 6.92 Å². The number of hydrogen-bond donors (Lipinski definition) is 2. The van der Waals surface area contributed by atoms with Crippen molar-refractivity contribution in [2.45, 2.75) is 6.92 Å². The van der Waals surface area contributed by atoms with Gasteiger partial charge in [0.15, 0.2) is 0 Å². The van der Waals surface area contributed by atoms with E-state index in [-0.39, 0.29) is 0 Å². The summed E-state index contributed by atoms with van der Waals surface area (Å²) < 4.78 is 0. The number of carbonyl (C=O) groups excluding carboxylic acids is 1. The number of imidazole rings is 1. The third-order valence-electron chi connectivity index (χ3n) is 2.67. The number of fused-ring (bicyclic) bond motifs is 1. The number of likely N-dealkylation sites (N-methyl/N-ethyl adjacent to an activating group) is 1. The number of nitrogens with one attached hydrogen (secondary N) is 1. The number of anilines is 1. The molecule has 2 rings (SSSR count). The number of aromatic amines is 1. The van der Waals surface area contributed by atoms with Gasteiger partial charge in [-0.1, -0.05) is 0 Å². The van der Waals surface area contributed by atoms with Crippen molar-refractivity contribution >= 4 is 28.6 Å². The van der Waals surface area contributed by atoms with Crippen LogP contribution in [0.5, 0.6) is 0 Å². The predicted molar refractivity (Wildman–Crippen MR) is 71.0 cm³/mol. The van der Waals surface area contributed by atoms with Crippen molar-refractivity contribution < 1.29 is 14.7 Å². The summed E-state index contributed by atoms with van der Waals surface area (Å²) in [5.41, 5.74) is 2.32. The SMILES string of the molecule is Cc1nc2ccc(N(C)C(=O)/C=C/C(=O)O)cc2[nH]1. The quantitative estimate of drug-likeness (QED) is 0.817.